The van der Waals surface area contributed by atoms with Gasteiger partial charge in [0.15, 0.2) is 0 Å². The van der Waals surface area contributed by atoms with Gasteiger partial charge in [0.1, 0.15) is 0 Å². The zero-order chi connectivity index (χ0) is 14.9. The van der Waals surface area contributed by atoms with Crippen LogP contribution in [0.15, 0.2) is 0 Å². The van der Waals surface area contributed by atoms with Gasteiger partial charge in [-0.05, 0) is 6.42 Å². The minimum Gasteiger partial charge on any atom is 0 e. The van der Waals surface area contributed by atoms with E-state index in [-0.39, 0.29) is 38.3 Å². The Bertz CT molecular complexity index is 213. The smallest absolute Gasteiger partial charge is 0 e. The van der Waals surface area contributed by atoms with Gasteiger partial charge in [-0.1, -0.05) is 96.8 Å². The van der Waals surface area contributed by atoms with Crippen molar-refractivity contribution in [3.63, 3.8) is 0 Å². The third-order valence-electron chi connectivity index (χ3n) is 3.99. The van der Waals surface area contributed by atoms with Crippen LogP contribution < -0.4 is 0 Å². The molecule has 0 heterocycles. The van der Waals surface area contributed by atoms with Gasteiger partial charge in [0.25, 0.3) is 0 Å². The number of carboxylic acid groups (broad SMARTS) is 1. The Morgan fingerprint density at radius 3 is 1.18 bits per heavy atom. The molecule has 0 aliphatic heterocycles. The summed E-state index contributed by atoms with van der Waals surface area (Å²) in [5.41, 5.74) is 0. The van der Waals surface area contributed by atoms with Gasteiger partial charge in [-0.2, -0.15) is 0 Å². The fraction of sp³-hybridized carbons (Fsp3) is 0.944. The van der Waals surface area contributed by atoms with E-state index in [2.05, 4.69) is 6.92 Å². The van der Waals surface area contributed by atoms with Crippen LogP contribution >= 0.6 is 0 Å². The van der Waals surface area contributed by atoms with Gasteiger partial charge >= 0.3 is 24.8 Å². The number of unbranched alkanes of at least 4 members (excludes halogenated alkanes) is 14. The van der Waals surface area contributed by atoms with Crippen molar-refractivity contribution in [1.29, 1.82) is 0 Å². The Kier molecular flexibility index (Phi) is 30.0. The average Bonchev–Trinajstić information content (AvgIpc) is 2.43. The van der Waals surface area contributed by atoms with Gasteiger partial charge in [-0.15, -0.1) is 0 Å². The maximum absolute atomic E-state index is 10.3. The van der Waals surface area contributed by atoms with E-state index < -0.39 is 5.97 Å². The third kappa shape index (κ3) is 25.6. The molecule has 4 heteroatoms. The average molecular weight is 358 g/mol. The van der Waals surface area contributed by atoms with Gasteiger partial charge in [-0.3, -0.25) is 4.79 Å². The molecule has 1 N–H and O–H groups in total. The van der Waals surface area contributed by atoms with Gasteiger partial charge in [0, 0.05) is 25.9 Å². The summed E-state index contributed by atoms with van der Waals surface area (Å²) in [6.45, 7) is 2.27. The van der Waals surface area contributed by atoms with E-state index in [0.29, 0.717) is 6.42 Å². The van der Waals surface area contributed by atoms with Crippen molar-refractivity contribution < 1.29 is 29.4 Å². The molecular formula is C18H37LiO2Zn. The molecule has 0 saturated heterocycles. The van der Waals surface area contributed by atoms with Crippen LogP contribution in [0.4, 0.5) is 0 Å². The molecular weight excluding hydrogens is 321 g/mol. The Labute approximate surface area is 163 Å². The number of aliphatic carboxylic acids is 1. The molecule has 0 fully saturated rings. The second kappa shape index (κ2) is 23.9. The minimum atomic E-state index is -0.653. The summed E-state index contributed by atoms with van der Waals surface area (Å²) in [7, 11) is 0. The molecule has 2 nitrogen and oxygen atoms in total. The number of hydrogen-bond donors (Lipinski definition) is 1. The molecule has 0 aromatic carbocycles. The normalized spacial score (nSPS) is 9.86. The van der Waals surface area contributed by atoms with Gasteiger partial charge in [0.2, 0.25) is 0 Å². The fourth-order valence-corrected chi connectivity index (χ4v) is 2.65. The van der Waals surface area contributed by atoms with Crippen LogP contribution in [-0.4, -0.2) is 29.9 Å². The molecule has 0 spiro atoms. The molecule has 0 bridgehead atoms. The Hall–Kier alpha value is 0.691. The largest absolute Gasteiger partial charge is 0 e. The van der Waals surface area contributed by atoms with Crippen molar-refractivity contribution in [3.8, 4) is 0 Å². The maximum atomic E-state index is 10.3. The maximum Gasteiger partial charge on any atom is 0 e. The number of carbonyl (C=O) groups is 1. The first-order valence-corrected chi connectivity index (χ1v) is 8.99. The summed E-state index contributed by atoms with van der Waals surface area (Å²) in [5.74, 6) is -0.653. The van der Waals surface area contributed by atoms with E-state index in [1.807, 2.05) is 0 Å². The minimum absolute atomic E-state index is 0. The van der Waals surface area contributed by atoms with E-state index in [1.165, 1.54) is 83.5 Å². The zero-order valence-corrected chi connectivity index (χ0v) is 17.3. The summed E-state index contributed by atoms with van der Waals surface area (Å²) < 4.78 is 0. The second-order valence-electron chi connectivity index (χ2n) is 6.09. The molecule has 0 aliphatic rings. The fourth-order valence-electron chi connectivity index (χ4n) is 2.65. The van der Waals surface area contributed by atoms with Crippen LogP contribution in [0.5, 0.6) is 0 Å². The monoisotopic (exact) mass is 356 g/mol. The van der Waals surface area contributed by atoms with Crippen molar-refractivity contribution in [2.45, 2.75) is 110 Å². The summed E-state index contributed by atoms with van der Waals surface area (Å²) in [4.78, 5) is 10.3. The molecule has 0 aliphatic carbocycles. The van der Waals surface area contributed by atoms with Crippen LogP contribution in [0.25, 0.3) is 0 Å². The second-order valence-corrected chi connectivity index (χ2v) is 6.09. The van der Waals surface area contributed by atoms with Crippen molar-refractivity contribution in [3.05, 3.63) is 0 Å². The Morgan fingerprint density at radius 1 is 0.636 bits per heavy atom. The van der Waals surface area contributed by atoms with E-state index in [1.54, 1.807) is 0 Å². The van der Waals surface area contributed by atoms with Crippen molar-refractivity contribution in [2.75, 3.05) is 0 Å². The van der Waals surface area contributed by atoms with Gasteiger partial charge < -0.3 is 5.11 Å². The van der Waals surface area contributed by atoms with Crippen molar-refractivity contribution in [1.82, 2.24) is 0 Å². The Morgan fingerprint density at radius 2 is 0.909 bits per heavy atom. The summed E-state index contributed by atoms with van der Waals surface area (Å²) in [6.07, 6.45) is 20.2. The van der Waals surface area contributed by atoms with Crippen molar-refractivity contribution >= 4 is 24.8 Å². The topological polar surface area (TPSA) is 37.3 Å². The summed E-state index contributed by atoms with van der Waals surface area (Å²) >= 11 is 0. The molecule has 0 aromatic rings. The molecule has 0 aromatic heterocycles. The molecule has 0 radical (unpaired) electrons. The predicted molar refractivity (Wildman–Crippen MR) is 94.3 cm³/mol. The zero-order valence-electron chi connectivity index (χ0n) is 14.4. The van der Waals surface area contributed by atoms with E-state index >= 15 is 0 Å². The van der Waals surface area contributed by atoms with Crippen LogP contribution in [0.1, 0.15) is 110 Å². The Balaban J connectivity index is -0.00000180. The summed E-state index contributed by atoms with van der Waals surface area (Å²) in [6, 6.07) is 0. The number of hydrogen-bond acceptors (Lipinski definition) is 1. The first-order chi connectivity index (χ1) is 9.77. The molecule has 0 saturated carbocycles. The van der Waals surface area contributed by atoms with E-state index in [4.69, 9.17) is 5.11 Å². The standard InChI is InChI=1S/C18H36O2.Li.Zn.H/c1-2-3-4-5-6-7-8-9-10-11-12-13-14-15-16-17-18(19)20;;;/h2-17H2,1H3,(H,19,20);;;. The molecule has 124 valence electrons. The molecule has 22 heavy (non-hydrogen) atoms. The van der Waals surface area contributed by atoms with Crippen LogP contribution in [0.2, 0.25) is 0 Å². The van der Waals surface area contributed by atoms with Gasteiger partial charge in [-0.25, -0.2) is 0 Å². The molecule has 0 unspecified atom stereocenters. The number of carboxylic acids is 1. The third-order valence-corrected chi connectivity index (χ3v) is 3.99. The first kappa shape index (κ1) is 27.5. The number of rotatable bonds is 16. The molecule has 0 amide bonds. The molecule has 0 rings (SSSR count). The van der Waals surface area contributed by atoms with E-state index in [9.17, 15) is 4.79 Å². The van der Waals surface area contributed by atoms with Crippen LogP contribution in [0, 0.1) is 0 Å². The SMILES string of the molecule is CCCCCCCCCCCCCCCCCC(=O)O.[LiH].[Zn]. The molecule has 0 atom stereocenters. The predicted octanol–water partition coefficient (Wildman–Crippen LogP) is 5.68. The van der Waals surface area contributed by atoms with Gasteiger partial charge in [0.05, 0.1) is 0 Å². The summed E-state index contributed by atoms with van der Waals surface area (Å²) in [5, 5.41) is 8.52. The van der Waals surface area contributed by atoms with Crippen LogP contribution in [-0.2, 0) is 24.3 Å². The van der Waals surface area contributed by atoms with Crippen LogP contribution in [0.3, 0.4) is 0 Å². The van der Waals surface area contributed by atoms with E-state index in [0.717, 1.165) is 12.8 Å². The quantitative estimate of drug-likeness (QED) is 0.285. The first-order valence-electron chi connectivity index (χ1n) is 8.99. The van der Waals surface area contributed by atoms with Crippen molar-refractivity contribution in [2.24, 2.45) is 0 Å².